The van der Waals surface area contributed by atoms with Crippen molar-refractivity contribution in [3.8, 4) is 0 Å². The second kappa shape index (κ2) is 22.9. The van der Waals surface area contributed by atoms with Gasteiger partial charge in [-0.3, -0.25) is 22.1 Å². The lowest BCUT2D eigenvalue weighted by Crippen LogP contribution is -2.46. The van der Waals surface area contributed by atoms with E-state index < -0.39 is 35.1 Å². The third-order valence-electron chi connectivity index (χ3n) is 4.90. The van der Waals surface area contributed by atoms with Gasteiger partial charge in [-0.2, -0.15) is 5.10 Å². The molecule has 45 heavy (non-hydrogen) atoms. The van der Waals surface area contributed by atoms with Gasteiger partial charge in [-0.05, 0) is 75.2 Å². The molecule has 0 spiro atoms. The molecule has 3 rings (SSSR count). The molecular formula is C27H57ClN8O9. The lowest BCUT2D eigenvalue weighted by molar-refractivity contribution is 0.0481. The van der Waals surface area contributed by atoms with Crippen molar-refractivity contribution in [3.05, 3.63) is 0 Å². The number of halogens is 1. The van der Waals surface area contributed by atoms with Gasteiger partial charge in [-0.15, -0.1) is 12.4 Å². The van der Waals surface area contributed by atoms with Crippen LogP contribution in [0.15, 0.2) is 5.10 Å². The molecule has 0 aromatic heterocycles. The maximum Gasteiger partial charge on any atom is 0.428 e. The fourth-order valence-corrected chi connectivity index (χ4v) is 3.05. The smallest absolute Gasteiger partial charge is 0.428 e. The van der Waals surface area contributed by atoms with Crippen LogP contribution < -0.4 is 38.8 Å². The van der Waals surface area contributed by atoms with Gasteiger partial charge in [-0.1, -0.05) is 0 Å². The molecule has 3 fully saturated rings. The first kappa shape index (κ1) is 44.6. The summed E-state index contributed by atoms with van der Waals surface area (Å²) in [4.78, 5) is 32.7. The molecule has 3 heterocycles. The Kier molecular flexibility index (Phi) is 22.7. The highest BCUT2D eigenvalue weighted by Gasteiger charge is 2.20. The summed E-state index contributed by atoms with van der Waals surface area (Å²) >= 11 is 0. The second-order valence-electron chi connectivity index (χ2n) is 12.8. The molecule has 0 aromatic carbocycles. The van der Waals surface area contributed by atoms with Crippen LogP contribution in [0.1, 0.15) is 81.6 Å². The van der Waals surface area contributed by atoms with Crippen molar-refractivity contribution in [2.45, 2.75) is 110 Å². The summed E-state index contributed by atoms with van der Waals surface area (Å²) in [6, 6.07) is 0.600. The van der Waals surface area contributed by atoms with Gasteiger partial charge >= 0.3 is 18.3 Å². The average molecular weight is 673 g/mol. The number of nitrogens with zero attached hydrogens (tertiary/aromatic N) is 1. The minimum Gasteiger partial charge on any atom is -0.443 e. The molecule has 0 radical (unpaired) electrons. The van der Waals surface area contributed by atoms with Crippen molar-refractivity contribution in [1.82, 2.24) is 27.1 Å². The van der Waals surface area contributed by atoms with Gasteiger partial charge in [0.15, 0.2) is 0 Å². The van der Waals surface area contributed by atoms with Crippen molar-refractivity contribution >= 4 is 36.4 Å². The minimum atomic E-state index is -0.609. The van der Waals surface area contributed by atoms with Gasteiger partial charge in [0, 0.05) is 25.7 Å². The van der Waals surface area contributed by atoms with Crippen LogP contribution in [0.4, 0.5) is 14.4 Å². The molecular weight excluding hydrogens is 616 g/mol. The van der Waals surface area contributed by atoms with E-state index >= 15 is 0 Å². The van der Waals surface area contributed by atoms with Crippen LogP contribution in [0.3, 0.4) is 0 Å². The number of carbonyl (C=O) groups is 3. The Balaban J connectivity index is 0. The van der Waals surface area contributed by atoms with Crippen LogP contribution in [-0.2, 0) is 28.4 Å². The first-order chi connectivity index (χ1) is 20.3. The van der Waals surface area contributed by atoms with Crippen molar-refractivity contribution in [3.63, 3.8) is 0 Å². The fourth-order valence-electron chi connectivity index (χ4n) is 3.05. The molecule has 0 saturated carbocycles. The molecule has 3 aliphatic rings. The van der Waals surface area contributed by atoms with E-state index in [9.17, 15) is 14.4 Å². The SMILES string of the molecule is CC(C)(C)OC(=O)N/N=C1\CCOC1.CC(C)(C)OC(=O)NN.CC(C)(C)OC(=O)NNC1CCOC1.Cl.NNC1CCOC1. The summed E-state index contributed by atoms with van der Waals surface area (Å²) in [5, 5.41) is 3.87. The quantitative estimate of drug-likeness (QED) is 0.0983. The monoisotopic (exact) mass is 672 g/mol. The van der Waals surface area contributed by atoms with E-state index in [0.717, 1.165) is 44.8 Å². The lowest BCUT2D eigenvalue weighted by atomic mass is 10.2. The molecule has 3 amide bonds. The van der Waals surface area contributed by atoms with Crippen LogP contribution in [0.5, 0.6) is 0 Å². The van der Waals surface area contributed by atoms with Gasteiger partial charge < -0.3 is 28.4 Å². The Hall–Kier alpha value is -2.51. The molecule has 2 unspecified atom stereocenters. The Morgan fingerprint density at radius 1 is 0.733 bits per heavy atom. The predicted molar refractivity (Wildman–Crippen MR) is 171 cm³/mol. The number of hydrogen-bond acceptors (Lipinski definition) is 14. The van der Waals surface area contributed by atoms with Crippen molar-refractivity contribution in [2.75, 3.05) is 39.6 Å². The number of hydrazone groups is 1. The largest absolute Gasteiger partial charge is 0.443 e. The van der Waals surface area contributed by atoms with E-state index in [1.807, 2.05) is 26.2 Å². The van der Waals surface area contributed by atoms with Gasteiger partial charge in [0.05, 0.1) is 38.2 Å². The number of nitrogens with two attached hydrogens (primary N) is 2. The first-order valence-electron chi connectivity index (χ1n) is 14.5. The summed E-state index contributed by atoms with van der Waals surface area (Å²) in [6.07, 6.45) is 1.14. The van der Waals surface area contributed by atoms with E-state index in [1.54, 1.807) is 41.5 Å². The van der Waals surface area contributed by atoms with Crippen LogP contribution in [0.25, 0.3) is 0 Å². The topological polar surface area (TPSA) is 231 Å². The number of ether oxygens (including phenoxy) is 6. The second-order valence-corrected chi connectivity index (χ2v) is 12.8. The lowest BCUT2D eigenvalue weighted by Gasteiger charge is -2.20. The number of rotatable bonds is 4. The molecule has 17 nitrogen and oxygen atoms in total. The number of hydrazine groups is 3. The Labute approximate surface area is 273 Å². The average Bonchev–Trinajstić information content (AvgIpc) is 3.68. The third kappa shape index (κ3) is 28.7. The van der Waals surface area contributed by atoms with E-state index in [2.05, 4.69) is 26.8 Å². The summed E-state index contributed by atoms with van der Waals surface area (Å²) in [6.45, 7) is 20.4. The number of carbonyl (C=O) groups excluding carboxylic acids is 3. The Morgan fingerprint density at radius 3 is 1.58 bits per heavy atom. The standard InChI is InChI=1S/C9H18N2O3.C9H16N2O3.C5H12N2O2.C4H10N2O.ClH/c2*1-9(2,3)14-8(12)11-10-7-4-5-13-6-7;1-5(2,3)9-4(8)7-6;5-6-4-1-2-7-3-4;/h7,10H,4-6H2,1-3H3,(H,11,12);4-6H2,1-3H3,(H,11,12);6H2,1-3H3,(H,7,8);4,6H,1-3,5H2;1H/b;10-7+;;;. The van der Waals surface area contributed by atoms with E-state index in [0.29, 0.717) is 25.9 Å². The zero-order chi connectivity index (χ0) is 33.8. The molecule has 3 aliphatic heterocycles. The predicted octanol–water partition coefficient (Wildman–Crippen LogP) is 2.14. The zero-order valence-electron chi connectivity index (χ0n) is 28.2. The highest BCUT2D eigenvalue weighted by molar-refractivity contribution is 5.87. The molecule has 266 valence electrons. The number of amides is 3. The molecule has 0 aliphatic carbocycles. The molecule has 0 bridgehead atoms. The highest BCUT2D eigenvalue weighted by atomic mass is 35.5. The Bertz CT molecular complexity index is 858. The summed E-state index contributed by atoms with van der Waals surface area (Å²) in [5.41, 5.74) is 11.6. The van der Waals surface area contributed by atoms with Crippen LogP contribution >= 0.6 is 12.4 Å². The van der Waals surface area contributed by atoms with E-state index in [4.69, 9.17) is 40.1 Å². The maximum absolute atomic E-state index is 11.2. The molecule has 9 N–H and O–H groups in total. The van der Waals surface area contributed by atoms with E-state index in [1.165, 1.54) is 0 Å². The fraction of sp³-hybridized carbons (Fsp3) is 0.852. The molecule has 18 heteroatoms. The number of hydrogen-bond donors (Lipinski definition) is 7. The van der Waals surface area contributed by atoms with Crippen LogP contribution in [0, 0.1) is 0 Å². The van der Waals surface area contributed by atoms with E-state index in [-0.39, 0.29) is 18.4 Å². The van der Waals surface area contributed by atoms with Crippen LogP contribution in [-0.4, -0.2) is 92.5 Å². The molecule has 2 atom stereocenters. The maximum atomic E-state index is 11.2. The van der Waals surface area contributed by atoms with Gasteiger partial charge in [0.2, 0.25) is 0 Å². The highest BCUT2D eigenvalue weighted by Crippen LogP contribution is 2.08. The van der Waals surface area contributed by atoms with Crippen molar-refractivity contribution < 1.29 is 42.8 Å². The van der Waals surface area contributed by atoms with Crippen LogP contribution in [0.2, 0.25) is 0 Å². The molecule has 0 aromatic rings. The Morgan fingerprint density at radius 2 is 1.22 bits per heavy atom. The normalized spacial score (nSPS) is 20.0. The minimum absolute atomic E-state index is 0. The van der Waals surface area contributed by atoms with Crippen molar-refractivity contribution in [2.24, 2.45) is 16.8 Å². The van der Waals surface area contributed by atoms with Gasteiger partial charge in [0.25, 0.3) is 0 Å². The number of nitrogens with one attached hydrogen (secondary N) is 5. The van der Waals surface area contributed by atoms with Gasteiger partial charge in [-0.25, -0.2) is 31.1 Å². The molecule has 3 saturated heterocycles. The van der Waals surface area contributed by atoms with Crippen molar-refractivity contribution in [1.29, 1.82) is 0 Å². The van der Waals surface area contributed by atoms with Gasteiger partial charge in [0.1, 0.15) is 16.8 Å². The summed E-state index contributed by atoms with van der Waals surface area (Å²) in [7, 11) is 0. The first-order valence-corrected chi connectivity index (χ1v) is 14.5. The summed E-state index contributed by atoms with van der Waals surface area (Å²) < 4.78 is 30.0. The third-order valence-corrected chi connectivity index (χ3v) is 4.90. The zero-order valence-corrected chi connectivity index (χ0v) is 29.0. The summed E-state index contributed by atoms with van der Waals surface area (Å²) in [5.74, 6) is 9.86.